The van der Waals surface area contributed by atoms with Gasteiger partial charge in [-0.2, -0.15) is 5.10 Å². The van der Waals surface area contributed by atoms with Crippen LogP contribution in [0.1, 0.15) is 20.8 Å². The highest BCUT2D eigenvalue weighted by atomic mass is 16.3. The lowest BCUT2D eigenvalue weighted by atomic mass is 10.1. The van der Waals surface area contributed by atoms with E-state index in [-0.39, 0.29) is 0 Å². The number of rotatable bonds is 4. The van der Waals surface area contributed by atoms with Crippen LogP contribution < -0.4 is 4.90 Å². The van der Waals surface area contributed by atoms with Gasteiger partial charge in [-0.15, -0.1) is 0 Å². The topological polar surface area (TPSA) is 53.7 Å². The summed E-state index contributed by atoms with van der Waals surface area (Å²) >= 11 is 0. The number of fused-ring (bicyclic) bond motifs is 1. The number of hydrogen-bond donors (Lipinski definition) is 1. The van der Waals surface area contributed by atoms with Crippen LogP contribution in [0, 0.1) is 0 Å². The van der Waals surface area contributed by atoms with Crippen molar-refractivity contribution in [2.75, 3.05) is 18.0 Å². The summed E-state index contributed by atoms with van der Waals surface area (Å²) < 4.78 is 1.72. The highest BCUT2D eigenvalue weighted by Gasteiger charge is 2.18. The van der Waals surface area contributed by atoms with Gasteiger partial charge in [0.2, 0.25) is 0 Å². The van der Waals surface area contributed by atoms with Gasteiger partial charge in [-0.3, -0.25) is 0 Å². The summed E-state index contributed by atoms with van der Waals surface area (Å²) in [6.07, 6.45) is 3.60. The molecule has 5 heteroatoms. The third-order valence-corrected chi connectivity index (χ3v) is 2.53. The predicted molar refractivity (Wildman–Crippen MR) is 67.2 cm³/mol. The largest absolute Gasteiger partial charge is 0.389 e. The number of aromatic nitrogens is 3. The zero-order valence-corrected chi connectivity index (χ0v) is 10.5. The van der Waals surface area contributed by atoms with Crippen LogP contribution in [0.4, 0.5) is 5.82 Å². The van der Waals surface area contributed by atoms with Crippen molar-refractivity contribution in [3.63, 3.8) is 0 Å². The zero-order chi connectivity index (χ0) is 12.5. The van der Waals surface area contributed by atoms with Crippen LogP contribution >= 0.6 is 0 Å². The van der Waals surface area contributed by atoms with Crippen molar-refractivity contribution in [3.8, 4) is 0 Å². The molecule has 5 nitrogen and oxygen atoms in total. The van der Waals surface area contributed by atoms with Gasteiger partial charge < -0.3 is 10.0 Å². The van der Waals surface area contributed by atoms with Crippen molar-refractivity contribution in [3.05, 3.63) is 24.5 Å². The molecule has 0 aromatic carbocycles. The Labute approximate surface area is 101 Å². The molecule has 0 saturated heterocycles. The van der Waals surface area contributed by atoms with E-state index in [9.17, 15) is 5.11 Å². The minimum absolute atomic E-state index is 0.556. The normalized spacial score (nSPS) is 12.0. The molecule has 1 N–H and O–H groups in total. The van der Waals surface area contributed by atoms with Crippen LogP contribution in [-0.2, 0) is 0 Å². The minimum atomic E-state index is -0.732. The fraction of sp³-hybridized carbons (Fsp3) is 0.500. The number of nitrogens with zero attached hydrogens (tertiary/aromatic N) is 4. The van der Waals surface area contributed by atoms with Crippen LogP contribution in [0.15, 0.2) is 24.5 Å². The maximum atomic E-state index is 9.87. The van der Waals surface area contributed by atoms with Crippen molar-refractivity contribution < 1.29 is 5.11 Å². The molecular formula is C12H18N4O. The molecule has 0 aliphatic carbocycles. The van der Waals surface area contributed by atoms with Gasteiger partial charge in [0.15, 0.2) is 5.65 Å². The van der Waals surface area contributed by atoms with Crippen molar-refractivity contribution in [1.29, 1.82) is 0 Å². The molecule has 2 heterocycles. The Morgan fingerprint density at radius 2 is 2.18 bits per heavy atom. The third kappa shape index (κ3) is 2.74. The Morgan fingerprint density at radius 3 is 2.82 bits per heavy atom. The summed E-state index contributed by atoms with van der Waals surface area (Å²) in [6, 6.07) is 3.77. The van der Waals surface area contributed by atoms with E-state index >= 15 is 0 Å². The summed E-state index contributed by atoms with van der Waals surface area (Å²) in [6.45, 7) is 7.01. The molecule has 0 unspecified atom stereocenters. The number of anilines is 1. The average Bonchev–Trinajstić information content (AvgIpc) is 2.71. The van der Waals surface area contributed by atoms with E-state index in [0.717, 1.165) is 18.0 Å². The van der Waals surface area contributed by atoms with Crippen LogP contribution in [0.2, 0.25) is 0 Å². The van der Waals surface area contributed by atoms with Gasteiger partial charge in [0.1, 0.15) is 5.82 Å². The Balaban J connectivity index is 2.29. The molecule has 0 atom stereocenters. The van der Waals surface area contributed by atoms with E-state index in [1.54, 1.807) is 24.6 Å². The van der Waals surface area contributed by atoms with E-state index in [1.165, 1.54) is 0 Å². The molecule has 92 valence electrons. The van der Waals surface area contributed by atoms with E-state index in [4.69, 9.17) is 0 Å². The fourth-order valence-corrected chi connectivity index (χ4v) is 1.80. The zero-order valence-electron chi connectivity index (χ0n) is 10.5. The first-order chi connectivity index (χ1) is 7.99. The average molecular weight is 234 g/mol. The number of hydrogen-bond acceptors (Lipinski definition) is 4. The summed E-state index contributed by atoms with van der Waals surface area (Å²) in [7, 11) is 0. The van der Waals surface area contributed by atoms with E-state index in [2.05, 4.69) is 10.1 Å². The molecule has 0 aliphatic heterocycles. The van der Waals surface area contributed by atoms with Crippen LogP contribution in [-0.4, -0.2) is 38.4 Å². The summed E-state index contributed by atoms with van der Waals surface area (Å²) in [4.78, 5) is 6.55. The van der Waals surface area contributed by atoms with Gasteiger partial charge in [-0.05, 0) is 26.8 Å². The van der Waals surface area contributed by atoms with Crippen LogP contribution in [0.3, 0.4) is 0 Å². The van der Waals surface area contributed by atoms with Crippen molar-refractivity contribution in [2.24, 2.45) is 0 Å². The van der Waals surface area contributed by atoms with Crippen molar-refractivity contribution in [1.82, 2.24) is 14.6 Å². The number of aliphatic hydroxyl groups is 1. The van der Waals surface area contributed by atoms with Gasteiger partial charge in [0.05, 0.1) is 11.8 Å². The summed E-state index contributed by atoms with van der Waals surface area (Å²) in [5.74, 6) is 0.864. The first kappa shape index (κ1) is 11.9. The maximum Gasteiger partial charge on any atom is 0.157 e. The SMILES string of the molecule is CCN(CC(C)(C)O)c1ccn2nccc2n1. The van der Waals surface area contributed by atoms with Gasteiger partial charge in [-0.1, -0.05) is 0 Å². The molecule has 2 rings (SSSR count). The fourth-order valence-electron chi connectivity index (χ4n) is 1.80. The first-order valence-electron chi connectivity index (χ1n) is 5.77. The highest BCUT2D eigenvalue weighted by molar-refractivity contribution is 5.47. The van der Waals surface area contributed by atoms with E-state index in [1.807, 2.05) is 30.2 Å². The Hall–Kier alpha value is -1.62. The molecule has 2 aromatic heterocycles. The molecule has 2 aromatic rings. The lowest BCUT2D eigenvalue weighted by Crippen LogP contribution is -2.39. The summed E-state index contributed by atoms with van der Waals surface area (Å²) in [5, 5.41) is 14.0. The Morgan fingerprint density at radius 1 is 1.41 bits per heavy atom. The van der Waals surface area contributed by atoms with E-state index < -0.39 is 5.60 Å². The second-order valence-electron chi connectivity index (χ2n) is 4.75. The molecule has 0 aliphatic rings. The third-order valence-electron chi connectivity index (χ3n) is 2.53. The quantitative estimate of drug-likeness (QED) is 0.867. The molecule has 17 heavy (non-hydrogen) atoms. The minimum Gasteiger partial charge on any atom is -0.389 e. The van der Waals surface area contributed by atoms with Gasteiger partial charge in [0, 0.05) is 25.4 Å². The smallest absolute Gasteiger partial charge is 0.157 e. The molecule has 0 bridgehead atoms. The first-order valence-corrected chi connectivity index (χ1v) is 5.77. The number of likely N-dealkylation sites (N-methyl/N-ethyl adjacent to an activating group) is 1. The Kier molecular flexibility index (Phi) is 3.02. The molecule has 0 saturated carbocycles. The predicted octanol–water partition coefficient (Wildman–Crippen LogP) is 1.33. The molecular weight excluding hydrogens is 216 g/mol. The van der Waals surface area contributed by atoms with Gasteiger partial charge in [0.25, 0.3) is 0 Å². The molecule has 0 amide bonds. The lowest BCUT2D eigenvalue weighted by Gasteiger charge is -2.28. The second-order valence-corrected chi connectivity index (χ2v) is 4.75. The maximum absolute atomic E-state index is 9.87. The molecule has 0 spiro atoms. The standard InChI is InChI=1S/C12H18N4O/c1-4-15(9-12(2,3)17)10-6-8-16-11(14-10)5-7-13-16/h5-8,17H,4,9H2,1-3H3. The lowest BCUT2D eigenvalue weighted by molar-refractivity contribution is 0.0874. The van der Waals surface area contributed by atoms with Crippen LogP contribution in [0.25, 0.3) is 5.65 Å². The van der Waals surface area contributed by atoms with Crippen molar-refractivity contribution >= 4 is 11.5 Å². The monoisotopic (exact) mass is 234 g/mol. The van der Waals surface area contributed by atoms with Crippen LogP contribution in [0.5, 0.6) is 0 Å². The highest BCUT2D eigenvalue weighted by Crippen LogP contribution is 2.15. The molecule has 0 fully saturated rings. The van der Waals surface area contributed by atoms with E-state index in [0.29, 0.717) is 6.54 Å². The van der Waals surface area contributed by atoms with Gasteiger partial charge in [-0.25, -0.2) is 9.50 Å². The Bertz CT molecular complexity index is 500. The summed E-state index contributed by atoms with van der Waals surface area (Å²) in [5.41, 5.74) is 0.0843. The molecule has 0 radical (unpaired) electrons. The second kappa shape index (κ2) is 4.33. The van der Waals surface area contributed by atoms with Gasteiger partial charge >= 0.3 is 0 Å². The van der Waals surface area contributed by atoms with Crippen molar-refractivity contribution in [2.45, 2.75) is 26.4 Å².